The van der Waals surface area contributed by atoms with E-state index in [0.29, 0.717) is 28.4 Å². The second kappa shape index (κ2) is 7.09. The summed E-state index contributed by atoms with van der Waals surface area (Å²) in [6, 6.07) is 12.5. The van der Waals surface area contributed by atoms with E-state index >= 15 is 0 Å². The van der Waals surface area contributed by atoms with E-state index in [-0.39, 0.29) is 11.6 Å². The Kier molecular flexibility index (Phi) is 4.70. The molecule has 128 valence electrons. The first-order valence-corrected chi connectivity index (χ1v) is 7.53. The first kappa shape index (κ1) is 16.6. The molecule has 0 aliphatic carbocycles. The molecule has 3 rings (SSSR count). The number of para-hydroxylation sites is 1. The molecular formula is C19H17NO5. The van der Waals surface area contributed by atoms with Crippen LogP contribution in [0.1, 0.15) is 11.1 Å². The van der Waals surface area contributed by atoms with Crippen LogP contribution in [-0.2, 0) is 9.53 Å². The van der Waals surface area contributed by atoms with Gasteiger partial charge in [0.25, 0.3) is 0 Å². The van der Waals surface area contributed by atoms with E-state index in [1.165, 1.54) is 0 Å². The quantitative estimate of drug-likeness (QED) is 0.619. The molecule has 1 heterocycles. The zero-order valence-electron chi connectivity index (χ0n) is 14.1. The van der Waals surface area contributed by atoms with Gasteiger partial charge in [-0.2, -0.15) is 0 Å². The molecule has 1 aliphatic rings. The van der Waals surface area contributed by atoms with Gasteiger partial charge in [0.2, 0.25) is 5.90 Å². The molecule has 0 fully saturated rings. The summed E-state index contributed by atoms with van der Waals surface area (Å²) >= 11 is 0. The van der Waals surface area contributed by atoms with Crippen LogP contribution < -0.4 is 14.2 Å². The van der Waals surface area contributed by atoms with Gasteiger partial charge >= 0.3 is 5.97 Å². The molecule has 2 aromatic carbocycles. The molecule has 0 bridgehead atoms. The van der Waals surface area contributed by atoms with Crippen LogP contribution in [0, 0.1) is 0 Å². The molecular weight excluding hydrogens is 322 g/mol. The fraction of sp³-hybridized carbons (Fsp3) is 0.158. The number of methoxy groups -OCH3 is 3. The summed E-state index contributed by atoms with van der Waals surface area (Å²) in [5.74, 6) is 1.50. The van der Waals surface area contributed by atoms with Crippen molar-refractivity contribution in [3.63, 3.8) is 0 Å². The monoisotopic (exact) mass is 339 g/mol. The molecule has 6 nitrogen and oxygen atoms in total. The minimum atomic E-state index is -0.525. The lowest BCUT2D eigenvalue weighted by Gasteiger charge is -2.05. The van der Waals surface area contributed by atoms with E-state index in [1.54, 1.807) is 57.7 Å². The molecule has 0 atom stereocenters. The number of benzene rings is 2. The molecule has 0 radical (unpaired) electrons. The summed E-state index contributed by atoms with van der Waals surface area (Å²) in [6.07, 6.45) is 1.62. The van der Waals surface area contributed by atoms with Gasteiger partial charge in [-0.05, 0) is 35.9 Å². The largest absolute Gasteiger partial charge is 0.497 e. The number of esters is 1. The van der Waals surface area contributed by atoms with E-state index in [1.807, 2.05) is 12.1 Å². The summed E-state index contributed by atoms with van der Waals surface area (Å²) in [5.41, 5.74) is 1.52. The highest BCUT2D eigenvalue weighted by Crippen LogP contribution is 2.27. The Morgan fingerprint density at radius 2 is 1.64 bits per heavy atom. The predicted molar refractivity (Wildman–Crippen MR) is 93.1 cm³/mol. The number of aliphatic imine (C=N–C) groups is 1. The average molecular weight is 339 g/mol. The summed E-state index contributed by atoms with van der Waals surface area (Å²) in [4.78, 5) is 16.5. The number of nitrogens with zero attached hydrogens (tertiary/aromatic N) is 1. The lowest BCUT2D eigenvalue weighted by molar-refractivity contribution is -0.129. The highest BCUT2D eigenvalue weighted by atomic mass is 16.6. The highest BCUT2D eigenvalue weighted by Gasteiger charge is 2.26. The number of rotatable bonds is 5. The Morgan fingerprint density at radius 3 is 2.28 bits per heavy atom. The maximum atomic E-state index is 12.2. The molecule has 0 unspecified atom stereocenters. The normalized spacial score (nSPS) is 14.9. The minimum absolute atomic E-state index is 0.191. The Bertz CT molecular complexity index is 848. The van der Waals surface area contributed by atoms with E-state index in [9.17, 15) is 4.79 Å². The number of hydrogen-bond donors (Lipinski definition) is 0. The topological polar surface area (TPSA) is 66.3 Å². The van der Waals surface area contributed by atoms with Gasteiger partial charge < -0.3 is 18.9 Å². The molecule has 0 saturated carbocycles. The van der Waals surface area contributed by atoms with Gasteiger partial charge in [-0.1, -0.05) is 12.1 Å². The second-order valence-electron chi connectivity index (χ2n) is 5.18. The maximum absolute atomic E-state index is 12.2. The highest BCUT2D eigenvalue weighted by molar-refractivity contribution is 6.13. The number of carbonyl (C=O) groups excluding carboxylic acids is 1. The summed E-state index contributed by atoms with van der Waals surface area (Å²) in [5, 5.41) is 0. The fourth-order valence-corrected chi connectivity index (χ4v) is 2.42. The van der Waals surface area contributed by atoms with Gasteiger partial charge in [0.15, 0.2) is 5.70 Å². The van der Waals surface area contributed by atoms with Gasteiger partial charge in [-0.25, -0.2) is 9.79 Å². The molecule has 25 heavy (non-hydrogen) atoms. The van der Waals surface area contributed by atoms with Crippen LogP contribution in [0.15, 0.2) is 53.2 Å². The van der Waals surface area contributed by atoms with Crippen molar-refractivity contribution in [2.45, 2.75) is 0 Å². The third-order valence-corrected chi connectivity index (χ3v) is 3.64. The lowest BCUT2D eigenvalue weighted by Crippen LogP contribution is -2.06. The molecule has 0 N–H and O–H groups in total. The first-order chi connectivity index (χ1) is 12.1. The second-order valence-corrected chi connectivity index (χ2v) is 5.18. The molecule has 0 spiro atoms. The standard InChI is InChI=1S/C19H17NO5/c1-22-13-8-12(9-14(11-13)23-2)10-16-19(21)25-18(20-16)15-6-4-5-7-17(15)24-3/h4-11H,1-3H3/b16-10+. The van der Waals surface area contributed by atoms with Crippen molar-refractivity contribution in [3.8, 4) is 17.2 Å². The van der Waals surface area contributed by atoms with Crippen LogP contribution in [0.25, 0.3) is 6.08 Å². The van der Waals surface area contributed by atoms with Crippen molar-refractivity contribution < 1.29 is 23.7 Å². The molecule has 0 amide bonds. The van der Waals surface area contributed by atoms with E-state index in [2.05, 4.69) is 4.99 Å². The smallest absolute Gasteiger partial charge is 0.363 e. The van der Waals surface area contributed by atoms with Crippen LogP contribution in [0.5, 0.6) is 17.2 Å². The van der Waals surface area contributed by atoms with E-state index < -0.39 is 5.97 Å². The number of ether oxygens (including phenoxy) is 4. The number of hydrogen-bond acceptors (Lipinski definition) is 6. The third kappa shape index (κ3) is 3.47. The van der Waals surface area contributed by atoms with Crippen molar-refractivity contribution in [2.75, 3.05) is 21.3 Å². The Morgan fingerprint density at radius 1 is 0.960 bits per heavy atom. The molecule has 2 aromatic rings. The minimum Gasteiger partial charge on any atom is -0.497 e. The van der Waals surface area contributed by atoms with Crippen LogP contribution in [0.4, 0.5) is 0 Å². The molecule has 0 saturated heterocycles. The van der Waals surface area contributed by atoms with Crippen molar-refractivity contribution >= 4 is 17.9 Å². The summed E-state index contributed by atoms with van der Waals surface area (Å²) in [7, 11) is 4.68. The van der Waals surface area contributed by atoms with Crippen molar-refractivity contribution in [3.05, 3.63) is 59.3 Å². The first-order valence-electron chi connectivity index (χ1n) is 7.53. The van der Waals surface area contributed by atoms with Gasteiger partial charge in [0, 0.05) is 6.07 Å². The van der Waals surface area contributed by atoms with E-state index in [4.69, 9.17) is 18.9 Å². The van der Waals surface area contributed by atoms with Crippen molar-refractivity contribution in [1.82, 2.24) is 0 Å². The third-order valence-electron chi connectivity index (χ3n) is 3.64. The zero-order valence-corrected chi connectivity index (χ0v) is 14.1. The van der Waals surface area contributed by atoms with Crippen LogP contribution >= 0.6 is 0 Å². The van der Waals surface area contributed by atoms with Gasteiger partial charge in [-0.15, -0.1) is 0 Å². The van der Waals surface area contributed by atoms with Crippen LogP contribution in [0.3, 0.4) is 0 Å². The summed E-state index contributed by atoms with van der Waals surface area (Å²) < 4.78 is 21.0. The predicted octanol–water partition coefficient (Wildman–Crippen LogP) is 3.06. The van der Waals surface area contributed by atoms with Gasteiger partial charge in [0.05, 0.1) is 26.9 Å². The number of carbonyl (C=O) groups is 1. The van der Waals surface area contributed by atoms with E-state index in [0.717, 1.165) is 0 Å². The maximum Gasteiger partial charge on any atom is 0.363 e. The molecule has 0 aromatic heterocycles. The van der Waals surface area contributed by atoms with Gasteiger partial charge in [0.1, 0.15) is 17.2 Å². The number of cyclic esters (lactones) is 1. The average Bonchev–Trinajstić information content (AvgIpc) is 3.01. The molecule has 6 heteroatoms. The Labute approximate surface area is 145 Å². The van der Waals surface area contributed by atoms with Crippen molar-refractivity contribution in [1.29, 1.82) is 0 Å². The summed E-state index contributed by atoms with van der Waals surface area (Å²) in [6.45, 7) is 0. The lowest BCUT2D eigenvalue weighted by atomic mass is 10.1. The SMILES string of the molecule is COc1cc(/C=C2/N=C(c3ccccc3OC)OC2=O)cc(OC)c1. The Hall–Kier alpha value is -3.28. The molecule has 1 aliphatic heterocycles. The van der Waals surface area contributed by atoms with Crippen LogP contribution in [0.2, 0.25) is 0 Å². The Balaban J connectivity index is 1.99. The van der Waals surface area contributed by atoms with Gasteiger partial charge in [-0.3, -0.25) is 0 Å². The zero-order chi connectivity index (χ0) is 17.8. The fourth-order valence-electron chi connectivity index (χ4n) is 2.42. The van der Waals surface area contributed by atoms with Crippen LogP contribution in [-0.4, -0.2) is 33.2 Å². The van der Waals surface area contributed by atoms with Crippen molar-refractivity contribution in [2.24, 2.45) is 4.99 Å².